The van der Waals surface area contributed by atoms with Crippen molar-refractivity contribution in [3.63, 3.8) is 0 Å². The molecule has 0 saturated carbocycles. The summed E-state index contributed by atoms with van der Waals surface area (Å²) in [4.78, 5) is 5.35. The van der Waals surface area contributed by atoms with Crippen LogP contribution in [0.3, 0.4) is 0 Å². The lowest BCUT2D eigenvalue weighted by atomic mass is 10.2. The molecule has 96 valence electrons. The van der Waals surface area contributed by atoms with Gasteiger partial charge in [-0.25, -0.2) is 9.37 Å². The van der Waals surface area contributed by atoms with E-state index < -0.39 is 0 Å². The predicted molar refractivity (Wildman–Crippen MR) is 78.0 cm³/mol. The predicted octanol–water partition coefficient (Wildman–Crippen LogP) is 5.18. The maximum atomic E-state index is 13.1. The number of rotatable bonds is 3. The smallest absolute Gasteiger partial charge is 0.125 e. The molecule has 0 bridgehead atoms. The third-order valence-electron chi connectivity index (χ3n) is 2.54. The van der Waals surface area contributed by atoms with Gasteiger partial charge in [0, 0.05) is 9.35 Å². The molecule has 0 aliphatic rings. The summed E-state index contributed by atoms with van der Waals surface area (Å²) in [6, 6.07) is 2.75. The van der Waals surface area contributed by atoms with Crippen LogP contribution in [0.2, 0.25) is 5.02 Å². The van der Waals surface area contributed by atoms with E-state index in [0.29, 0.717) is 15.2 Å². The van der Waals surface area contributed by atoms with Crippen LogP contribution in [-0.2, 0) is 0 Å². The van der Waals surface area contributed by atoms with Gasteiger partial charge in [0.05, 0.1) is 28.0 Å². The van der Waals surface area contributed by atoms with E-state index in [2.05, 4.69) is 26.2 Å². The zero-order valence-corrected chi connectivity index (χ0v) is 13.0. The van der Waals surface area contributed by atoms with Crippen molar-refractivity contribution >= 4 is 44.6 Å². The van der Waals surface area contributed by atoms with Crippen LogP contribution in [0.4, 0.5) is 10.1 Å². The van der Waals surface area contributed by atoms with Crippen molar-refractivity contribution in [1.82, 2.24) is 4.98 Å². The number of nitrogens with one attached hydrogen (secondary N) is 1. The first-order valence-electron chi connectivity index (χ1n) is 5.30. The van der Waals surface area contributed by atoms with Crippen molar-refractivity contribution in [1.29, 1.82) is 0 Å². The minimum atomic E-state index is -0.362. The molecule has 0 spiro atoms. The van der Waals surface area contributed by atoms with Gasteiger partial charge in [0.1, 0.15) is 5.82 Å². The number of aryl methyl sites for hydroxylation is 1. The molecule has 0 saturated heterocycles. The Kier molecular flexibility index (Phi) is 4.25. The molecule has 2 rings (SSSR count). The van der Waals surface area contributed by atoms with Crippen LogP contribution >= 0.6 is 38.9 Å². The van der Waals surface area contributed by atoms with Crippen LogP contribution in [0.25, 0.3) is 0 Å². The van der Waals surface area contributed by atoms with Crippen molar-refractivity contribution in [2.75, 3.05) is 5.32 Å². The number of thiazole rings is 1. The molecule has 0 aliphatic carbocycles. The molecule has 1 heterocycles. The topological polar surface area (TPSA) is 24.9 Å². The molecule has 1 aromatic heterocycles. The Morgan fingerprint density at radius 2 is 2.22 bits per heavy atom. The van der Waals surface area contributed by atoms with Crippen LogP contribution in [0.1, 0.15) is 23.5 Å². The lowest BCUT2D eigenvalue weighted by Gasteiger charge is -2.17. The van der Waals surface area contributed by atoms with E-state index in [9.17, 15) is 4.39 Å². The highest BCUT2D eigenvalue weighted by atomic mass is 79.9. The zero-order chi connectivity index (χ0) is 13.3. The summed E-state index contributed by atoms with van der Waals surface area (Å²) in [5.74, 6) is -0.362. The van der Waals surface area contributed by atoms with E-state index in [1.807, 2.05) is 19.4 Å². The maximum Gasteiger partial charge on any atom is 0.125 e. The van der Waals surface area contributed by atoms with Crippen molar-refractivity contribution < 1.29 is 4.39 Å². The fourth-order valence-corrected chi connectivity index (χ4v) is 3.42. The Morgan fingerprint density at radius 3 is 2.78 bits per heavy atom. The molecule has 1 N–H and O–H groups in total. The molecule has 2 nitrogen and oxygen atoms in total. The first kappa shape index (κ1) is 13.8. The van der Waals surface area contributed by atoms with E-state index >= 15 is 0 Å². The van der Waals surface area contributed by atoms with Crippen molar-refractivity contribution in [2.45, 2.75) is 19.9 Å². The highest BCUT2D eigenvalue weighted by Gasteiger charge is 2.15. The van der Waals surface area contributed by atoms with Gasteiger partial charge in [-0.05, 0) is 41.9 Å². The number of aromatic nitrogens is 1. The van der Waals surface area contributed by atoms with Crippen LogP contribution in [0.15, 0.2) is 22.1 Å². The molecule has 2 aromatic rings. The van der Waals surface area contributed by atoms with Crippen molar-refractivity contribution in [2.24, 2.45) is 0 Å². The monoisotopic (exact) mass is 348 g/mol. The number of nitrogens with zero attached hydrogens (tertiary/aromatic N) is 1. The summed E-state index contributed by atoms with van der Waals surface area (Å²) in [6.45, 7) is 3.98. The lowest BCUT2D eigenvalue weighted by molar-refractivity contribution is 0.627. The Balaban J connectivity index is 2.27. The minimum Gasteiger partial charge on any atom is -0.376 e. The van der Waals surface area contributed by atoms with Crippen LogP contribution in [0, 0.1) is 12.7 Å². The van der Waals surface area contributed by atoms with E-state index in [-0.39, 0.29) is 11.9 Å². The Labute approximate surface area is 122 Å². The quantitative estimate of drug-likeness (QED) is 0.826. The highest BCUT2D eigenvalue weighted by molar-refractivity contribution is 9.10. The SMILES string of the molecule is Cc1ncsc1C(C)Nc1c(Cl)cc(F)cc1Br. The molecule has 0 fully saturated rings. The van der Waals surface area contributed by atoms with Gasteiger partial charge in [-0.1, -0.05) is 11.6 Å². The fourth-order valence-electron chi connectivity index (χ4n) is 1.69. The standard InChI is InChI=1S/C12H11BrClFN2S/c1-6-12(18-5-16-6)7(2)17-11-9(13)3-8(15)4-10(11)14/h3-5,7,17H,1-2H3. The number of anilines is 1. The highest BCUT2D eigenvalue weighted by Crippen LogP contribution is 2.35. The second-order valence-corrected chi connectivity index (χ2v) is 6.06. The number of hydrogen-bond donors (Lipinski definition) is 1. The van der Waals surface area contributed by atoms with E-state index in [1.54, 1.807) is 11.3 Å². The van der Waals surface area contributed by atoms with Crippen molar-refractivity contribution in [3.8, 4) is 0 Å². The normalized spacial score (nSPS) is 12.5. The largest absolute Gasteiger partial charge is 0.376 e. The van der Waals surface area contributed by atoms with Gasteiger partial charge in [-0.3, -0.25) is 0 Å². The second kappa shape index (κ2) is 5.55. The zero-order valence-electron chi connectivity index (χ0n) is 9.80. The van der Waals surface area contributed by atoms with Crippen LogP contribution in [-0.4, -0.2) is 4.98 Å². The average Bonchev–Trinajstić information content (AvgIpc) is 2.69. The number of hydrogen-bond acceptors (Lipinski definition) is 3. The van der Waals surface area contributed by atoms with Gasteiger partial charge < -0.3 is 5.32 Å². The van der Waals surface area contributed by atoms with Crippen molar-refractivity contribution in [3.05, 3.63) is 43.5 Å². The fraction of sp³-hybridized carbons (Fsp3) is 0.250. The molecule has 0 radical (unpaired) electrons. The molecule has 1 aromatic carbocycles. The van der Waals surface area contributed by atoms with Gasteiger partial charge in [-0.2, -0.15) is 0 Å². The summed E-state index contributed by atoms with van der Waals surface area (Å²) >= 11 is 10.9. The Morgan fingerprint density at radius 1 is 1.50 bits per heavy atom. The summed E-state index contributed by atoms with van der Waals surface area (Å²) < 4.78 is 13.7. The first-order chi connectivity index (χ1) is 8.49. The van der Waals surface area contributed by atoms with Crippen LogP contribution < -0.4 is 5.32 Å². The summed E-state index contributed by atoms with van der Waals surface area (Å²) in [5.41, 5.74) is 3.50. The lowest BCUT2D eigenvalue weighted by Crippen LogP contribution is -2.07. The average molecular weight is 350 g/mol. The molecule has 1 atom stereocenters. The van der Waals surface area contributed by atoms with Gasteiger partial charge in [0.2, 0.25) is 0 Å². The third-order valence-corrected chi connectivity index (χ3v) is 4.58. The van der Waals surface area contributed by atoms with Gasteiger partial charge in [0.15, 0.2) is 0 Å². The molecule has 18 heavy (non-hydrogen) atoms. The molecule has 0 aliphatic heterocycles. The van der Waals surface area contributed by atoms with E-state index in [1.165, 1.54) is 12.1 Å². The maximum absolute atomic E-state index is 13.1. The second-order valence-electron chi connectivity index (χ2n) is 3.91. The molecule has 0 amide bonds. The van der Waals surface area contributed by atoms with Gasteiger partial charge in [0.25, 0.3) is 0 Å². The molecule has 6 heteroatoms. The van der Waals surface area contributed by atoms with Gasteiger partial charge >= 0.3 is 0 Å². The summed E-state index contributed by atoms with van der Waals surface area (Å²) in [5, 5.41) is 3.63. The molecule has 1 unspecified atom stereocenters. The third kappa shape index (κ3) is 2.84. The first-order valence-corrected chi connectivity index (χ1v) is 7.35. The van der Waals surface area contributed by atoms with Crippen LogP contribution in [0.5, 0.6) is 0 Å². The summed E-state index contributed by atoms with van der Waals surface area (Å²) in [7, 11) is 0. The van der Waals surface area contributed by atoms with Gasteiger partial charge in [-0.15, -0.1) is 11.3 Å². The molecular weight excluding hydrogens is 339 g/mol. The number of halogens is 3. The minimum absolute atomic E-state index is 0.0664. The number of benzene rings is 1. The molecular formula is C12H11BrClFN2S. The van der Waals surface area contributed by atoms with E-state index in [4.69, 9.17) is 11.6 Å². The Hall–Kier alpha value is -0.650. The van der Waals surface area contributed by atoms with E-state index in [0.717, 1.165) is 10.6 Å². The summed E-state index contributed by atoms with van der Waals surface area (Å²) in [6.07, 6.45) is 0. The Bertz CT molecular complexity index is 550.